The van der Waals surface area contributed by atoms with Crippen LogP contribution in [-0.4, -0.2) is 12.6 Å². The Kier molecular flexibility index (Phi) is 13.0. The Morgan fingerprint density at radius 2 is 1.22 bits per heavy atom. The van der Waals surface area contributed by atoms with Crippen molar-refractivity contribution in [1.29, 1.82) is 0 Å². The van der Waals surface area contributed by atoms with Gasteiger partial charge in [0.2, 0.25) is 0 Å². The lowest BCUT2D eigenvalue weighted by Crippen LogP contribution is -2.03. The van der Waals surface area contributed by atoms with Crippen molar-refractivity contribution < 1.29 is 13.9 Å². The minimum absolute atomic E-state index is 0.0426. The number of furan rings is 1. The van der Waals surface area contributed by atoms with Crippen molar-refractivity contribution in [1.82, 2.24) is 0 Å². The second-order valence-electron chi connectivity index (χ2n) is 7.79. The summed E-state index contributed by atoms with van der Waals surface area (Å²) < 4.78 is 11.0. The van der Waals surface area contributed by atoms with Crippen molar-refractivity contribution in [3.63, 3.8) is 0 Å². The van der Waals surface area contributed by atoms with Crippen LogP contribution in [0.3, 0.4) is 0 Å². The van der Waals surface area contributed by atoms with Crippen molar-refractivity contribution >= 4 is 5.97 Å². The van der Waals surface area contributed by atoms with Crippen LogP contribution in [-0.2, 0) is 22.4 Å². The van der Waals surface area contributed by atoms with E-state index in [4.69, 9.17) is 9.15 Å². The Hall–Kier alpha value is -1.25. The molecule has 0 N–H and O–H groups in total. The van der Waals surface area contributed by atoms with Crippen LogP contribution in [0.4, 0.5) is 0 Å². The summed E-state index contributed by atoms with van der Waals surface area (Å²) in [6.45, 7) is 8.98. The first-order valence-electron chi connectivity index (χ1n) is 11.3. The van der Waals surface area contributed by atoms with E-state index in [0.717, 1.165) is 32.1 Å². The van der Waals surface area contributed by atoms with Crippen LogP contribution in [0.15, 0.2) is 4.42 Å². The lowest BCUT2D eigenvalue weighted by atomic mass is 10.0. The highest BCUT2D eigenvalue weighted by molar-refractivity contribution is 5.69. The summed E-state index contributed by atoms with van der Waals surface area (Å²) in [6, 6.07) is 0. The van der Waals surface area contributed by atoms with Crippen molar-refractivity contribution in [3.05, 3.63) is 22.6 Å². The average molecular weight is 379 g/mol. The summed E-state index contributed by atoms with van der Waals surface area (Å²) in [5.74, 6) is 2.38. The van der Waals surface area contributed by atoms with Gasteiger partial charge in [-0.3, -0.25) is 4.79 Å². The zero-order chi connectivity index (χ0) is 19.9. The van der Waals surface area contributed by atoms with Crippen LogP contribution in [0, 0.1) is 13.8 Å². The first kappa shape index (κ1) is 23.8. The van der Waals surface area contributed by atoms with Gasteiger partial charge in [-0.25, -0.2) is 0 Å². The van der Waals surface area contributed by atoms with Gasteiger partial charge < -0.3 is 9.15 Å². The molecule has 0 aliphatic heterocycles. The number of unbranched alkanes of at least 4 members (excludes halogenated alkanes) is 9. The maximum atomic E-state index is 11.2. The molecule has 0 saturated heterocycles. The predicted octanol–water partition coefficient (Wildman–Crippen LogP) is 7.25. The summed E-state index contributed by atoms with van der Waals surface area (Å²) in [5, 5.41) is 0. The Bertz CT molecular complexity index is 516. The lowest BCUT2D eigenvalue weighted by Gasteiger charge is -2.03. The molecular weight excluding hydrogens is 336 g/mol. The van der Waals surface area contributed by atoms with E-state index in [1.807, 2.05) is 6.92 Å². The van der Waals surface area contributed by atoms with Gasteiger partial charge in [-0.1, -0.05) is 58.3 Å². The Labute approximate surface area is 167 Å². The van der Waals surface area contributed by atoms with Crippen molar-refractivity contribution in [2.75, 3.05) is 6.61 Å². The standard InChI is InChI=1S/C24H42O3/c1-5-17-22-20(3)21(4)23(27-22)18-15-13-11-9-7-8-10-12-14-16-19-24(25)26-6-2/h5-19H2,1-4H3. The fraction of sp³-hybridized carbons (Fsp3) is 0.792. The van der Waals surface area contributed by atoms with Crippen LogP contribution < -0.4 is 0 Å². The molecule has 0 spiro atoms. The van der Waals surface area contributed by atoms with E-state index < -0.39 is 0 Å². The highest BCUT2D eigenvalue weighted by Gasteiger charge is 2.12. The molecule has 0 aromatic carbocycles. The number of esters is 1. The molecule has 0 bridgehead atoms. The monoisotopic (exact) mass is 378 g/mol. The lowest BCUT2D eigenvalue weighted by molar-refractivity contribution is -0.143. The normalized spacial score (nSPS) is 11.1. The smallest absolute Gasteiger partial charge is 0.305 e. The van der Waals surface area contributed by atoms with Crippen LogP contribution in [0.25, 0.3) is 0 Å². The zero-order valence-corrected chi connectivity index (χ0v) is 18.3. The van der Waals surface area contributed by atoms with Gasteiger partial charge in [-0.2, -0.15) is 0 Å². The first-order valence-corrected chi connectivity index (χ1v) is 11.3. The average Bonchev–Trinajstić information content (AvgIpc) is 2.91. The molecule has 0 radical (unpaired) electrons. The third kappa shape index (κ3) is 10.0. The number of hydrogen-bond donors (Lipinski definition) is 0. The van der Waals surface area contributed by atoms with E-state index in [0.29, 0.717) is 13.0 Å². The fourth-order valence-corrected chi connectivity index (χ4v) is 3.63. The molecule has 0 aliphatic rings. The molecule has 0 unspecified atom stereocenters. The summed E-state index contributed by atoms with van der Waals surface area (Å²) in [7, 11) is 0. The summed E-state index contributed by atoms with van der Waals surface area (Å²) in [5.41, 5.74) is 2.75. The van der Waals surface area contributed by atoms with Crippen LogP contribution in [0.5, 0.6) is 0 Å². The third-order valence-electron chi connectivity index (χ3n) is 5.46. The number of hydrogen-bond acceptors (Lipinski definition) is 3. The van der Waals surface area contributed by atoms with E-state index in [1.54, 1.807) is 0 Å². The maximum Gasteiger partial charge on any atom is 0.305 e. The van der Waals surface area contributed by atoms with Crippen LogP contribution in [0.2, 0.25) is 0 Å². The predicted molar refractivity (Wildman–Crippen MR) is 113 cm³/mol. The number of carbonyl (C=O) groups is 1. The summed E-state index contributed by atoms with van der Waals surface area (Å²) in [6.07, 6.45) is 16.5. The number of aryl methyl sites for hydroxylation is 2. The van der Waals surface area contributed by atoms with Crippen LogP contribution in [0.1, 0.15) is 114 Å². The van der Waals surface area contributed by atoms with E-state index in [1.165, 1.54) is 74.0 Å². The largest absolute Gasteiger partial charge is 0.466 e. The molecule has 0 saturated carbocycles. The topological polar surface area (TPSA) is 39.4 Å². The van der Waals surface area contributed by atoms with E-state index in [2.05, 4.69) is 20.8 Å². The number of rotatable bonds is 16. The number of carbonyl (C=O) groups excluding carboxylic acids is 1. The van der Waals surface area contributed by atoms with Gasteiger partial charge in [0, 0.05) is 19.3 Å². The van der Waals surface area contributed by atoms with E-state index in [9.17, 15) is 4.79 Å². The van der Waals surface area contributed by atoms with Gasteiger partial charge in [0.15, 0.2) is 0 Å². The molecule has 1 heterocycles. The van der Waals surface area contributed by atoms with Gasteiger partial charge in [0.1, 0.15) is 11.5 Å². The van der Waals surface area contributed by atoms with Gasteiger partial charge in [-0.05, 0) is 51.2 Å². The molecule has 0 atom stereocenters. The van der Waals surface area contributed by atoms with Gasteiger partial charge >= 0.3 is 5.97 Å². The molecular formula is C24H42O3. The molecule has 3 heteroatoms. The van der Waals surface area contributed by atoms with Crippen molar-refractivity contribution in [2.45, 2.75) is 118 Å². The molecule has 0 aliphatic carbocycles. The Morgan fingerprint density at radius 3 is 1.74 bits per heavy atom. The minimum Gasteiger partial charge on any atom is -0.466 e. The zero-order valence-electron chi connectivity index (χ0n) is 18.3. The highest BCUT2D eigenvalue weighted by Crippen LogP contribution is 2.24. The van der Waals surface area contributed by atoms with Gasteiger partial charge in [0.25, 0.3) is 0 Å². The molecule has 1 rings (SSSR count). The number of ether oxygens (including phenoxy) is 1. The minimum atomic E-state index is -0.0426. The molecule has 1 aromatic rings. The van der Waals surface area contributed by atoms with Crippen LogP contribution >= 0.6 is 0 Å². The second-order valence-corrected chi connectivity index (χ2v) is 7.79. The van der Waals surface area contributed by atoms with E-state index >= 15 is 0 Å². The Balaban J connectivity index is 1.95. The van der Waals surface area contributed by atoms with Crippen molar-refractivity contribution in [3.8, 4) is 0 Å². The quantitative estimate of drug-likeness (QED) is 0.225. The van der Waals surface area contributed by atoms with Gasteiger partial charge in [-0.15, -0.1) is 0 Å². The van der Waals surface area contributed by atoms with Crippen molar-refractivity contribution in [2.24, 2.45) is 0 Å². The highest BCUT2D eigenvalue weighted by atomic mass is 16.5. The second kappa shape index (κ2) is 14.8. The molecule has 156 valence electrons. The molecule has 0 amide bonds. The molecule has 0 fully saturated rings. The van der Waals surface area contributed by atoms with Gasteiger partial charge in [0.05, 0.1) is 6.61 Å². The fourth-order valence-electron chi connectivity index (χ4n) is 3.63. The summed E-state index contributed by atoms with van der Waals surface area (Å²) in [4.78, 5) is 11.2. The Morgan fingerprint density at radius 1 is 0.741 bits per heavy atom. The van der Waals surface area contributed by atoms with E-state index in [-0.39, 0.29) is 5.97 Å². The maximum absolute atomic E-state index is 11.2. The third-order valence-corrected chi connectivity index (χ3v) is 5.46. The summed E-state index contributed by atoms with van der Waals surface area (Å²) >= 11 is 0. The molecule has 1 aromatic heterocycles. The first-order chi connectivity index (χ1) is 13.1. The molecule has 3 nitrogen and oxygen atoms in total. The SMILES string of the molecule is CCCc1oc(CCCCCCCCCCCCC(=O)OCC)c(C)c1C. The molecule has 27 heavy (non-hydrogen) atoms.